The van der Waals surface area contributed by atoms with Crippen LogP contribution in [-0.2, 0) is 15.4 Å². The number of rotatable bonds is 3. The molecular weight excluding hydrogens is 348 g/mol. The summed E-state index contributed by atoms with van der Waals surface area (Å²) in [4.78, 5) is 4.65. The highest BCUT2D eigenvalue weighted by molar-refractivity contribution is 7.89. The molecule has 1 unspecified atom stereocenters. The van der Waals surface area contributed by atoms with E-state index >= 15 is 0 Å². The number of aryl methyl sites for hydroxylation is 1. The lowest BCUT2D eigenvalue weighted by molar-refractivity contribution is 0.309. The first-order chi connectivity index (χ1) is 12.1. The van der Waals surface area contributed by atoms with Crippen molar-refractivity contribution in [2.45, 2.75) is 63.7 Å². The molecule has 0 radical (unpaired) electrons. The molecule has 1 aliphatic rings. The second-order valence-electron chi connectivity index (χ2n) is 8.24. The zero-order valence-corrected chi connectivity index (χ0v) is 17.0. The predicted octanol–water partition coefficient (Wildman–Crippen LogP) is 3.29. The Balaban J connectivity index is 1.99. The average Bonchev–Trinajstić information content (AvgIpc) is 3.10. The number of aromatic nitrogens is 3. The maximum Gasteiger partial charge on any atom is 0.243 e. The number of hydrogen-bond acceptors (Lipinski definition) is 4. The summed E-state index contributed by atoms with van der Waals surface area (Å²) in [5.41, 5.74) is 2.79. The Hall–Kier alpha value is -1.73. The molecule has 0 amide bonds. The van der Waals surface area contributed by atoms with Gasteiger partial charge in [-0.15, -0.1) is 0 Å². The third-order valence-electron chi connectivity index (χ3n) is 5.31. The van der Waals surface area contributed by atoms with E-state index in [1.807, 2.05) is 19.9 Å². The quantitative estimate of drug-likeness (QED) is 0.891. The summed E-state index contributed by atoms with van der Waals surface area (Å²) in [5, 5.41) is 6.79. The van der Waals surface area contributed by atoms with E-state index in [1.54, 1.807) is 4.31 Å². The molecule has 0 bridgehead atoms. The molecule has 2 aromatic rings. The first-order valence-corrected chi connectivity index (χ1v) is 10.5. The molecule has 1 saturated heterocycles. The number of aromatic amines is 1. The number of nitrogens with one attached hydrogen (secondary N) is 1. The van der Waals surface area contributed by atoms with Gasteiger partial charge in [0.15, 0.2) is 0 Å². The van der Waals surface area contributed by atoms with Crippen LogP contribution in [0.5, 0.6) is 0 Å². The monoisotopic (exact) mass is 376 g/mol. The van der Waals surface area contributed by atoms with Gasteiger partial charge < -0.3 is 0 Å². The predicted molar refractivity (Wildman–Crippen MR) is 102 cm³/mol. The molecule has 1 aromatic carbocycles. The van der Waals surface area contributed by atoms with Gasteiger partial charge in [-0.1, -0.05) is 26.8 Å². The number of H-pyrrole nitrogens is 1. The molecule has 1 aromatic heterocycles. The first kappa shape index (κ1) is 19.0. The van der Waals surface area contributed by atoms with E-state index in [-0.39, 0.29) is 11.3 Å². The number of nitrogens with zero attached hydrogens (tertiary/aromatic N) is 3. The first-order valence-electron chi connectivity index (χ1n) is 9.08. The van der Waals surface area contributed by atoms with Crippen molar-refractivity contribution in [3.05, 3.63) is 41.0 Å². The Morgan fingerprint density at radius 2 is 1.96 bits per heavy atom. The van der Waals surface area contributed by atoms with E-state index in [0.717, 1.165) is 35.4 Å². The second-order valence-corrected chi connectivity index (χ2v) is 10.1. The van der Waals surface area contributed by atoms with Crippen LogP contribution in [0, 0.1) is 13.8 Å². The fourth-order valence-electron chi connectivity index (χ4n) is 3.46. The summed E-state index contributed by atoms with van der Waals surface area (Å²) in [5.74, 6) is 0.828. The summed E-state index contributed by atoms with van der Waals surface area (Å²) in [7, 11) is -3.55. The SMILES string of the molecule is Cc1cc(C(C)(C)C)cc(S(=O)(=O)N2CCCC(c3ncn[nH]3)C2)c1C. The molecule has 2 heterocycles. The van der Waals surface area contributed by atoms with Crippen LogP contribution in [0.25, 0.3) is 0 Å². The van der Waals surface area contributed by atoms with Crippen LogP contribution < -0.4 is 0 Å². The van der Waals surface area contributed by atoms with Crippen LogP contribution in [-0.4, -0.2) is 41.0 Å². The van der Waals surface area contributed by atoms with Crippen LogP contribution in [0.2, 0.25) is 0 Å². The molecule has 1 aliphatic heterocycles. The number of piperidine rings is 1. The molecule has 26 heavy (non-hydrogen) atoms. The summed E-state index contributed by atoms with van der Waals surface area (Å²) in [6.45, 7) is 11.2. The Bertz CT molecular complexity index is 883. The molecule has 1 N–H and O–H groups in total. The minimum Gasteiger partial charge on any atom is -0.263 e. The molecule has 142 valence electrons. The van der Waals surface area contributed by atoms with Crippen LogP contribution in [0.3, 0.4) is 0 Å². The molecule has 0 aliphatic carbocycles. The van der Waals surface area contributed by atoms with Crippen LogP contribution >= 0.6 is 0 Å². The Kier molecular flexibility index (Phi) is 4.96. The van der Waals surface area contributed by atoms with E-state index in [1.165, 1.54) is 6.33 Å². The molecule has 3 rings (SSSR count). The molecule has 0 saturated carbocycles. The van der Waals surface area contributed by atoms with Crippen LogP contribution in [0.1, 0.15) is 62.0 Å². The van der Waals surface area contributed by atoms with Gasteiger partial charge in [-0.25, -0.2) is 13.4 Å². The van der Waals surface area contributed by atoms with Crippen molar-refractivity contribution in [3.8, 4) is 0 Å². The van der Waals surface area contributed by atoms with E-state index in [9.17, 15) is 8.42 Å². The lowest BCUT2D eigenvalue weighted by atomic mass is 9.85. The maximum absolute atomic E-state index is 13.4. The minimum absolute atomic E-state index is 0.0632. The highest BCUT2D eigenvalue weighted by Gasteiger charge is 2.33. The van der Waals surface area contributed by atoms with E-state index in [2.05, 4.69) is 42.0 Å². The number of benzene rings is 1. The van der Waals surface area contributed by atoms with Crippen molar-refractivity contribution in [2.24, 2.45) is 0 Å². The molecule has 0 spiro atoms. The lowest BCUT2D eigenvalue weighted by Crippen LogP contribution is -2.39. The van der Waals surface area contributed by atoms with Crippen molar-refractivity contribution in [2.75, 3.05) is 13.1 Å². The Morgan fingerprint density at radius 3 is 2.58 bits per heavy atom. The summed E-state index contributed by atoms with van der Waals surface area (Å²) in [6, 6.07) is 3.96. The van der Waals surface area contributed by atoms with Gasteiger partial charge in [-0.3, -0.25) is 5.10 Å². The zero-order valence-electron chi connectivity index (χ0n) is 16.2. The minimum atomic E-state index is -3.55. The topological polar surface area (TPSA) is 79.0 Å². The van der Waals surface area contributed by atoms with Crippen molar-refractivity contribution in [1.29, 1.82) is 0 Å². The lowest BCUT2D eigenvalue weighted by Gasteiger charge is -2.32. The van der Waals surface area contributed by atoms with Crippen LogP contribution in [0.4, 0.5) is 0 Å². The fourth-order valence-corrected chi connectivity index (χ4v) is 5.31. The highest BCUT2D eigenvalue weighted by atomic mass is 32.2. The van der Waals surface area contributed by atoms with Gasteiger partial charge >= 0.3 is 0 Å². The second kappa shape index (κ2) is 6.78. The molecule has 7 heteroatoms. The third kappa shape index (κ3) is 3.55. The van der Waals surface area contributed by atoms with Gasteiger partial charge in [0.1, 0.15) is 12.2 Å². The van der Waals surface area contributed by atoms with Gasteiger partial charge in [-0.2, -0.15) is 9.40 Å². The largest absolute Gasteiger partial charge is 0.263 e. The van der Waals surface area contributed by atoms with Crippen LogP contribution in [0.15, 0.2) is 23.4 Å². The van der Waals surface area contributed by atoms with Gasteiger partial charge in [0.25, 0.3) is 0 Å². The van der Waals surface area contributed by atoms with Crippen molar-refractivity contribution in [3.63, 3.8) is 0 Å². The van der Waals surface area contributed by atoms with E-state index < -0.39 is 10.0 Å². The average molecular weight is 377 g/mol. The zero-order chi connectivity index (χ0) is 19.1. The Morgan fingerprint density at radius 1 is 1.23 bits per heavy atom. The van der Waals surface area contributed by atoms with Crippen molar-refractivity contribution in [1.82, 2.24) is 19.5 Å². The number of sulfonamides is 1. The van der Waals surface area contributed by atoms with E-state index in [0.29, 0.717) is 18.0 Å². The fraction of sp³-hybridized carbons (Fsp3) is 0.579. The molecule has 6 nitrogen and oxygen atoms in total. The highest BCUT2D eigenvalue weighted by Crippen LogP contribution is 2.33. The third-order valence-corrected chi connectivity index (χ3v) is 7.30. The van der Waals surface area contributed by atoms with Gasteiger partial charge in [0.2, 0.25) is 10.0 Å². The normalized spacial score (nSPS) is 19.7. The standard InChI is InChI=1S/C19H28N4O2S/c1-13-9-16(19(3,4)5)10-17(14(13)2)26(24,25)23-8-6-7-15(11-23)18-20-12-21-22-18/h9-10,12,15H,6-8,11H2,1-5H3,(H,20,21,22). The molecule has 1 fully saturated rings. The summed E-state index contributed by atoms with van der Waals surface area (Å²) >= 11 is 0. The summed E-state index contributed by atoms with van der Waals surface area (Å²) in [6.07, 6.45) is 3.21. The van der Waals surface area contributed by atoms with Gasteiger partial charge in [0.05, 0.1) is 4.90 Å². The Labute approximate surface area is 156 Å². The maximum atomic E-state index is 13.4. The van der Waals surface area contributed by atoms with Crippen molar-refractivity contribution < 1.29 is 8.42 Å². The summed E-state index contributed by atoms with van der Waals surface area (Å²) < 4.78 is 28.5. The smallest absolute Gasteiger partial charge is 0.243 e. The van der Waals surface area contributed by atoms with Gasteiger partial charge in [-0.05, 0) is 54.9 Å². The van der Waals surface area contributed by atoms with Crippen molar-refractivity contribution >= 4 is 10.0 Å². The number of hydrogen-bond donors (Lipinski definition) is 1. The van der Waals surface area contributed by atoms with E-state index in [4.69, 9.17) is 0 Å². The molecular formula is C19H28N4O2S. The molecule has 1 atom stereocenters. The van der Waals surface area contributed by atoms with Gasteiger partial charge in [0, 0.05) is 19.0 Å².